The predicted octanol–water partition coefficient (Wildman–Crippen LogP) is 4.09. The van der Waals surface area contributed by atoms with Crippen molar-refractivity contribution in [2.24, 2.45) is 11.8 Å². The standard InChI is InChI=1S/C17H28N2O2/c1-4-6-13-7-9-14(10-8-13)17(20)16-15(21-3)12-18-19(16)11-5-2/h12-14H,4-11H2,1-3H3. The molecule has 0 radical (unpaired) electrons. The molecular weight excluding hydrogens is 264 g/mol. The van der Waals surface area contributed by atoms with Gasteiger partial charge < -0.3 is 4.74 Å². The second kappa shape index (κ2) is 7.62. The van der Waals surface area contributed by atoms with Gasteiger partial charge in [-0.05, 0) is 38.0 Å². The molecule has 118 valence electrons. The molecule has 0 saturated heterocycles. The van der Waals surface area contributed by atoms with E-state index >= 15 is 0 Å². The molecule has 0 bridgehead atoms. The number of hydrogen-bond donors (Lipinski definition) is 0. The van der Waals surface area contributed by atoms with E-state index in [0.717, 1.165) is 31.7 Å². The maximum absolute atomic E-state index is 12.9. The van der Waals surface area contributed by atoms with Crippen LogP contribution in [0.15, 0.2) is 6.20 Å². The number of ketones is 1. The molecule has 1 fully saturated rings. The molecule has 0 atom stereocenters. The highest BCUT2D eigenvalue weighted by molar-refractivity contribution is 5.98. The molecule has 1 saturated carbocycles. The van der Waals surface area contributed by atoms with E-state index in [1.54, 1.807) is 13.3 Å². The summed E-state index contributed by atoms with van der Waals surface area (Å²) in [6.07, 6.45) is 9.61. The first kappa shape index (κ1) is 16.1. The fraction of sp³-hybridized carbons (Fsp3) is 0.765. The first-order chi connectivity index (χ1) is 10.2. The number of methoxy groups -OCH3 is 1. The van der Waals surface area contributed by atoms with Gasteiger partial charge >= 0.3 is 0 Å². The molecule has 0 aliphatic heterocycles. The molecule has 0 unspecified atom stereocenters. The maximum atomic E-state index is 12.9. The van der Waals surface area contributed by atoms with E-state index in [4.69, 9.17) is 4.74 Å². The van der Waals surface area contributed by atoms with Crippen LogP contribution in [0.25, 0.3) is 0 Å². The third kappa shape index (κ3) is 3.66. The largest absolute Gasteiger partial charge is 0.493 e. The monoisotopic (exact) mass is 292 g/mol. The third-order valence-corrected chi connectivity index (χ3v) is 4.61. The summed E-state index contributed by atoms with van der Waals surface area (Å²) in [5.41, 5.74) is 0.679. The first-order valence-electron chi connectivity index (χ1n) is 8.35. The number of carbonyl (C=O) groups is 1. The normalized spacial score (nSPS) is 22.2. The van der Waals surface area contributed by atoms with Gasteiger partial charge in [0.2, 0.25) is 0 Å². The van der Waals surface area contributed by atoms with Gasteiger partial charge in [0.25, 0.3) is 0 Å². The molecule has 0 amide bonds. The third-order valence-electron chi connectivity index (χ3n) is 4.61. The quantitative estimate of drug-likeness (QED) is 0.711. The van der Waals surface area contributed by atoms with Gasteiger partial charge in [-0.3, -0.25) is 9.48 Å². The number of aryl methyl sites for hydroxylation is 1. The van der Waals surface area contributed by atoms with Crippen LogP contribution in [0.1, 0.15) is 69.3 Å². The van der Waals surface area contributed by atoms with Crippen molar-refractivity contribution < 1.29 is 9.53 Å². The molecule has 0 spiro atoms. The van der Waals surface area contributed by atoms with Gasteiger partial charge in [0.15, 0.2) is 11.5 Å². The molecular formula is C17H28N2O2. The lowest BCUT2D eigenvalue weighted by Crippen LogP contribution is -2.24. The van der Waals surface area contributed by atoms with Crippen molar-refractivity contribution in [3.63, 3.8) is 0 Å². The molecule has 1 aliphatic rings. The summed E-state index contributed by atoms with van der Waals surface area (Å²) in [7, 11) is 1.61. The number of rotatable bonds is 7. The fourth-order valence-corrected chi connectivity index (χ4v) is 3.46. The van der Waals surface area contributed by atoms with E-state index in [2.05, 4.69) is 18.9 Å². The van der Waals surface area contributed by atoms with Gasteiger partial charge in [-0.2, -0.15) is 5.10 Å². The Labute approximate surface area is 127 Å². The van der Waals surface area contributed by atoms with Gasteiger partial charge in [-0.1, -0.05) is 26.7 Å². The zero-order valence-electron chi connectivity index (χ0n) is 13.6. The van der Waals surface area contributed by atoms with Crippen LogP contribution in [0, 0.1) is 11.8 Å². The number of Topliss-reactive ketones (excluding diaryl/α,β-unsaturated/α-hetero) is 1. The summed E-state index contributed by atoms with van der Waals surface area (Å²) >= 11 is 0. The molecule has 1 aromatic heterocycles. The van der Waals surface area contributed by atoms with Crippen LogP contribution in [-0.2, 0) is 6.54 Å². The molecule has 1 heterocycles. The molecule has 0 aromatic carbocycles. The Bertz CT molecular complexity index is 459. The van der Waals surface area contributed by atoms with Gasteiger partial charge in [-0.15, -0.1) is 0 Å². The molecule has 4 nitrogen and oxygen atoms in total. The molecule has 1 aromatic rings. The summed E-state index contributed by atoms with van der Waals surface area (Å²) in [5, 5.41) is 4.31. The summed E-state index contributed by atoms with van der Waals surface area (Å²) in [5.74, 6) is 1.83. The van der Waals surface area contributed by atoms with E-state index in [0.29, 0.717) is 11.4 Å². The number of carbonyl (C=O) groups excluding carboxylic acids is 1. The van der Waals surface area contributed by atoms with Crippen LogP contribution in [0.2, 0.25) is 0 Å². The van der Waals surface area contributed by atoms with Crippen LogP contribution < -0.4 is 4.74 Å². The van der Waals surface area contributed by atoms with Crippen LogP contribution in [0.5, 0.6) is 5.75 Å². The minimum absolute atomic E-state index is 0.152. The average molecular weight is 292 g/mol. The highest BCUT2D eigenvalue weighted by atomic mass is 16.5. The second-order valence-corrected chi connectivity index (χ2v) is 6.16. The lowest BCUT2D eigenvalue weighted by Gasteiger charge is -2.27. The Balaban J connectivity index is 2.08. The lowest BCUT2D eigenvalue weighted by molar-refractivity contribution is 0.0855. The topological polar surface area (TPSA) is 44.1 Å². The van der Waals surface area contributed by atoms with Crippen molar-refractivity contribution in [3.05, 3.63) is 11.9 Å². The second-order valence-electron chi connectivity index (χ2n) is 6.16. The van der Waals surface area contributed by atoms with E-state index < -0.39 is 0 Å². The molecule has 1 aliphatic carbocycles. The Hall–Kier alpha value is -1.32. The van der Waals surface area contributed by atoms with Crippen LogP contribution >= 0.6 is 0 Å². The van der Waals surface area contributed by atoms with Crippen LogP contribution in [0.3, 0.4) is 0 Å². The Kier molecular flexibility index (Phi) is 5.83. The number of hydrogen-bond acceptors (Lipinski definition) is 3. The average Bonchev–Trinajstić information content (AvgIpc) is 2.91. The minimum Gasteiger partial charge on any atom is -0.493 e. The van der Waals surface area contributed by atoms with Gasteiger partial charge in [0.05, 0.1) is 13.3 Å². The molecule has 4 heteroatoms. The lowest BCUT2D eigenvalue weighted by atomic mass is 9.78. The summed E-state index contributed by atoms with van der Waals surface area (Å²) < 4.78 is 7.16. The predicted molar refractivity (Wildman–Crippen MR) is 83.8 cm³/mol. The summed E-state index contributed by atoms with van der Waals surface area (Å²) in [4.78, 5) is 12.9. The minimum atomic E-state index is 0.152. The van der Waals surface area contributed by atoms with E-state index in [1.165, 1.54) is 25.7 Å². The van der Waals surface area contributed by atoms with Crippen molar-refractivity contribution in [2.45, 2.75) is 65.3 Å². The van der Waals surface area contributed by atoms with Crippen molar-refractivity contribution in [1.29, 1.82) is 0 Å². The zero-order chi connectivity index (χ0) is 15.2. The Morgan fingerprint density at radius 2 is 2.00 bits per heavy atom. The van der Waals surface area contributed by atoms with Gasteiger partial charge in [0, 0.05) is 12.5 Å². The van der Waals surface area contributed by atoms with Crippen LogP contribution in [-0.4, -0.2) is 22.7 Å². The fourth-order valence-electron chi connectivity index (χ4n) is 3.46. The summed E-state index contributed by atoms with van der Waals surface area (Å²) in [6, 6.07) is 0. The SMILES string of the molecule is CCCC1CCC(C(=O)c2c(OC)cnn2CCC)CC1. The molecule has 21 heavy (non-hydrogen) atoms. The van der Waals surface area contributed by atoms with Crippen LogP contribution in [0.4, 0.5) is 0 Å². The molecule has 0 N–H and O–H groups in total. The van der Waals surface area contributed by atoms with E-state index in [9.17, 15) is 4.79 Å². The number of nitrogens with zero attached hydrogens (tertiary/aromatic N) is 2. The highest BCUT2D eigenvalue weighted by Crippen LogP contribution is 2.34. The van der Waals surface area contributed by atoms with Crippen molar-refractivity contribution in [2.75, 3.05) is 7.11 Å². The van der Waals surface area contributed by atoms with E-state index in [-0.39, 0.29) is 11.7 Å². The summed E-state index contributed by atoms with van der Waals surface area (Å²) in [6.45, 7) is 5.11. The number of ether oxygens (including phenoxy) is 1. The molecule has 2 rings (SSSR count). The maximum Gasteiger partial charge on any atom is 0.187 e. The van der Waals surface area contributed by atoms with Crippen molar-refractivity contribution in [1.82, 2.24) is 9.78 Å². The Morgan fingerprint density at radius 3 is 2.57 bits per heavy atom. The number of aromatic nitrogens is 2. The zero-order valence-corrected chi connectivity index (χ0v) is 13.6. The van der Waals surface area contributed by atoms with Gasteiger partial charge in [0.1, 0.15) is 5.69 Å². The smallest absolute Gasteiger partial charge is 0.187 e. The Morgan fingerprint density at radius 1 is 1.29 bits per heavy atom. The van der Waals surface area contributed by atoms with Gasteiger partial charge in [-0.25, -0.2) is 0 Å². The first-order valence-corrected chi connectivity index (χ1v) is 8.35. The van der Waals surface area contributed by atoms with Crippen molar-refractivity contribution >= 4 is 5.78 Å². The highest BCUT2D eigenvalue weighted by Gasteiger charge is 2.30. The van der Waals surface area contributed by atoms with E-state index in [1.807, 2.05) is 4.68 Å². The van der Waals surface area contributed by atoms with Crippen molar-refractivity contribution in [3.8, 4) is 5.75 Å².